The zero-order valence-electron chi connectivity index (χ0n) is 33.7. The smallest absolute Gasteiger partial charge is 0.134 e. The summed E-state index contributed by atoms with van der Waals surface area (Å²) < 4.78 is 8.55. The predicted octanol–water partition coefficient (Wildman–Crippen LogP) is 14.2. The Hall–Kier alpha value is -2.92. The van der Waals surface area contributed by atoms with E-state index >= 15 is 0 Å². The molecule has 0 radical (unpaired) electrons. The zero-order chi connectivity index (χ0) is 33.4. The molecule has 5 aromatic rings. The number of aryl methyl sites for hydroxylation is 2. The topological polar surface area (TPSA) is 45.1 Å². The van der Waals surface area contributed by atoms with Crippen molar-refractivity contribution in [3.63, 3.8) is 0 Å². The van der Waals surface area contributed by atoms with Crippen molar-refractivity contribution in [1.82, 2.24) is 9.55 Å². The van der Waals surface area contributed by atoms with Crippen LogP contribution < -0.4 is 0 Å². The molecule has 5 rings (SSSR count). The molecule has 0 N–H and O–H groups in total. The maximum Gasteiger partial charge on any atom is 0.134 e. The van der Waals surface area contributed by atoms with Crippen molar-refractivity contribution >= 4 is 16.7 Å². The quantitative estimate of drug-likeness (QED) is 0.0982. The molecular weight excluding hydrogens is 777 g/mol. The Morgan fingerprint density at radius 3 is 1.70 bits per heavy atom. The molecule has 4 nitrogen and oxygen atoms in total. The fourth-order valence-corrected chi connectivity index (χ4v) is 6.85. The molecule has 0 saturated carbocycles. The minimum atomic E-state index is -0.282. The zero-order valence-corrected chi connectivity index (χ0v) is 37.3. The molecule has 0 spiro atoms. The third kappa shape index (κ3) is 8.75. The first-order valence-electron chi connectivity index (χ1n) is 17.4. The van der Waals surface area contributed by atoms with Gasteiger partial charge in [0.2, 0.25) is 0 Å². The molecule has 0 fully saturated rings. The van der Waals surface area contributed by atoms with Gasteiger partial charge in [0.15, 0.2) is 0 Å². The summed E-state index contributed by atoms with van der Waals surface area (Å²) >= 11 is 0. The number of hydrogen-bond acceptors (Lipinski definition) is 2. The molecule has 0 aliphatic carbocycles. The van der Waals surface area contributed by atoms with Gasteiger partial charge >= 0.3 is 0 Å². The molecule has 1 atom stereocenters. The molecule has 0 amide bonds. The minimum Gasteiger partial charge on any atom is -0.671 e. The molecule has 50 heavy (non-hydrogen) atoms. The number of hydrogen-bond donors (Lipinski definition) is 0. The third-order valence-corrected chi connectivity index (χ3v) is 9.45. The molecular formula is C45H63HfN3O-4. The van der Waals surface area contributed by atoms with Gasteiger partial charge in [0.1, 0.15) is 11.3 Å². The minimum absolute atomic E-state index is 0. The van der Waals surface area contributed by atoms with Crippen molar-refractivity contribution in [3.05, 3.63) is 133 Å². The fourth-order valence-electron chi connectivity index (χ4n) is 6.85. The Morgan fingerprint density at radius 1 is 0.700 bits per heavy atom. The number of rotatable bonds is 11. The summed E-state index contributed by atoms with van der Waals surface area (Å²) in [6.45, 7) is 25.1. The standard InChI is InChI=1S/C42H54N3O.3CH3.Hf/c1-13-36-39(32-17-14-15-20-37(32)46-36)35-23-45(12)42(43-35)41(44-40-30(25(4)5)18-16-19-31(40)26(6)7)38-33(27(8)9)21-29(24(2)3)22-34(38)28(10)11;;;;/h14-28,41H,13H2,1-12H3;3*1H3;/q4*-1;. The number of imidazole rings is 1. The Morgan fingerprint density at radius 2 is 1.22 bits per heavy atom. The average Bonchev–Trinajstić information content (AvgIpc) is 3.58. The molecule has 2 aromatic heterocycles. The first-order valence-corrected chi connectivity index (χ1v) is 17.4. The van der Waals surface area contributed by atoms with E-state index in [-0.39, 0.29) is 54.2 Å². The van der Waals surface area contributed by atoms with Gasteiger partial charge in [-0.3, -0.25) is 0 Å². The molecule has 0 aliphatic rings. The summed E-state index contributed by atoms with van der Waals surface area (Å²) in [5, 5.41) is 6.96. The summed E-state index contributed by atoms with van der Waals surface area (Å²) in [6, 6.07) is 19.6. The monoisotopic (exact) mass is 841 g/mol. The van der Waals surface area contributed by atoms with Gasteiger partial charge in [-0.1, -0.05) is 136 Å². The Balaban J connectivity index is 0.00000312. The van der Waals surface area contributed by atoms with E-state index in [1.807, 2.05) is 6.07 Å². The second-order valence-corrected chi connectivity index (χ2v) is 14.5. The summed E-state index contributed by atoms with van der Waals surface area (Å²) in [6.07, 6.45) is 2.98. The van der Waals surface area contributed by atoms with Gasteiger partial charge in [0, 0.05) is 50.9 Å². The fraction of sp³-hybridized carbons (Fsp3) is 0.422. The van der Waals surface area contributed by atoms with Crippen molar-refractivity contribution < 1.29 is 30.3 Å². The Kier molecular flexibility index (Phi) is 16.7. The number of para-hydroxylation sites is 2. The predicted molar refractivity (Wildman–Crippen MR) is 215 cm³/mol. The third-order valence-electron chi connectivity index (χ3n) is 9.45. The molecule has 1 unspecified atom stereocenters. The maximum atomic E-state index is 6.34. The van der Waals surface area contributed by atoms with Crippen LogP contribution in [0.2, 0.25) is 0 Å². The van der Waals surface area contributed by atoms with Crippen LogP contribution in [0.1, 0.15) is 157 Å². The SMILES string of the molecule is CCc1oc2ccccc2c1-c1cn(C)c(C([N-]c2c(C(C)C)cccc2C(C)C)c2c(C(C)C)cc(C(C)C)cc2C(C)C)n1.[CH3-].[CH3-].[CH3-].[Hf]. The Bertz CT molecular complexity index is 1770. The summed E-state index contributed by atoms with van der Waals surface area (Å²) in [5.41, 5.74) is 12.0. The van der Waals surface area contributed by atoms with Gasteiger partial charge in [-0.15, -0.1) is 5.69 Å². The molecule has 3 aromatic carbocycles. The Labute approximate surface area is 324 Å². The molecule has 2 heterocycles. The number of fused-ring (bicyclic) bond motifs is 1. The van der Waals surface area contributed by atoms with Crippen molar-refractivity contribution in [3.8, 4) is 11.3 Å². The van der Waals surface area contributed by atoms with Crippen LogP contribution in [-0.4, -0.2) is 9.55 Å². The van der Waals surface area contributed by atoms with Crippen molar-refractivity contribution in [2.75, 3.05) is 0 Å². The summed E-state index contributed by atoms with van der Waals surface area (Å²) in [5.74, 6) is 3.72. The van der Waals surface area contributed by atoms with E-state index in [9.17, 15) is 0 Å². The number of benzene rings is 3. The van der Waals surface area contributed by atoms with Crippen molar-refractivity contribution in [2.24, 2.45) is 7.05 Å². The van der Waals surface area contributed by atoms with Gasteiger partial charge in [0.05, 0.1) is 17.1 Å². The average molecular weight is 841 g/mol. The van der Waals surface area contributed by atoms with E-state index in [1.54, 1.807) is 0 Å². The number of aromatic nitrogens is 2. The second-order valence-electron chi connectivity index (χ2n) is 14.5. The maximum absolute atomic E-state index is 6.34. The first-order chi connectivity index (χ1) is 21.8. The summed E-state index contributed by atoms with van der Waals surface area (Å²) in [4.78, 5) is 5.50. The van der Waals surface area contributed by atoms with Crippen LogP contribution in [0.25, 0.3) is 27.5 Å². The van der Waals surface area contributed by atoms with E-state index in [0.717, 1.165) is 45.9 Å². The molecule has 0 bridgehead atoms. The summed E-state index contributed by atoms with van der Waals surface area (Å²) in [7, 11) is 2.13. The molecule has 0 aliphatic heterocycles. The molecule has 5 heteroatoms. The first kappa shape index (κ1) is 45.1. The van der Waals surface area contributed by atoms with Crippen LogP contribution >= 0.6 is 0 Å². The van der Waals surface area contributed by atoms with Gasteiger partial charge < -0.3 is 36.6 Å². The van der Waals surface area contributed by atoms with E-state index < -0.39 is 0 Å². The normalized spacial score (nSPS) is 11.9. The van der Waals surface area contributed by atoms with Crippen LogP contribution in [0.4, 0.5) is 5.69 Å². The second kappa shape index (κ2) is 18.5. The van der Waals surface area contributed by atoms with Gasteiger partial charge in [0.25, 0.3) is 0 Å². The van der Waals surface area contributed by atoms with Crippen molar-refractivity contribution in [1.29, 1.82) is 0 Å². The van der Waals surface area contributed by atoms with Gasteiger partial charge in [-0.2, -0.15) is 0 Å². The number of nitrogens with zero attached hydrogens (tertiary/aromatic N) is 3. The van der Waals surface area contributed by atoms with Crippen molar-refractivity contribution in [2.45, 2.75) is 118 Å². The van der Waals surface area contributed by atoms with Crippen LogP contribution in [0.5, 0.6) is 0 Å². The van der Waals surface area contributed by atoms with Crippen LogP contribution in [0.15, 0.2) is 65.2 Å². The van der Waals surface area contributed by atoms with Gasteiger partial charge in [-0.25, -0.2) is 4.98 Å². The number of furan rings is 1. The van der Waals surface area contributed by atoms with E-state index in [2.05, 4.69) is 143 Å². The molecule has 272 valence electrons. The largest absolute Gasteiger partial charge is 0.671 e. The van der Waals surface area contributed by atoms with Crippen LogP contribution in [0, 0.1) is 22.3 Å². The van der Waals surface area contributed by atoms with Gasteiger partial charge in [-0.05, 0) is 64.0 Å². The van der Waals surface area contributed by atoms with E-state index in [4.69, 9.17) is 14.7 Å². The van der Waals surface area contributed by atoms with Crippen LogP contribution in [-0.2, 0) is 39.3 Å². The molecule has 0 saturated heterocycles. The van der Waals surface area contributed by atoms with E-state index in [0.29, 0.717) is 29.6 Å². The van der Waals surface area contributed by atoms with Crippen LogP contribution in [0.3, 0.4) is 0 Å². The van der Waals surface area contributed by atoms with E-state index in [1.165, 1.54) is 33.4 Å².